The van der Waals surface area contributed by atoms with E-state index in [1.807, 2.05) is 6.07 Å². The smallest absolute Gasteiger partial charge is 0.0976 e. The zero-order chi connectivity index (χ0) is 13.8. The van der Waals surface area contributed by atoms with E-state index in [0.29, 0.717) is 11.5 Å². The molecule has 0 amide bonds. The van der Waals surface area contributed by atoms with Crippen LogP contribution in [0.3, 0.4) is 0 Å². The van der Waals surface area contributed by atoms with E-state index < -0.39 is 0 Å². The predicted molar refractivity (Wildman–Crippen MR) is 84.2 cm³/mol. The molecule has 104 valence electrons. The van der Waals surface area contributed by atoms with E-state index in [2.05, 4.69) is 33.0 Å². The SMILES string of the molecule is CC(C)NCCC(C)(C)CCc1cc(Cl)sc1Cl. The van der Waals surface area contributed by atoms with Crippen molar-refractivity contribution in [3.63, 3.8) is 0 Å². The molecule has 0 aliphatic carbocycles. The van der Waals surface area contributed by atoms with Crippen LogP contribution >= 0.6 is 34.5 Å². The lowest BCUT2D eigenvalue weighted by Gasteiger charge is -2.25. The predicted octanol–water partition coefficient (Wildman–Crippen LogP) is 5.40. The normalized spacial score (nSPS) is 12.4. The van der Waals surface area contributed by atoms with Crippen LogP contribution in [0.4, 0.5) is 0 Å². The Bertz CT molecular complexity index is 372. The molecule has 1 heterocycles. The Labute approximate surface area is 125 Å². The topological polar surface area (TPSA) is 12.0 Å². The Morgan fingerprint density at radius 2 is 1.94 bits per heavy atom. The number of hydrogen-bond donors (Lipinski definition) is 1. The van der Waals surface area contributed by atoms with Crippen molar-refractivity contribution in [2.45, 2.75) is 53.0 Å². The van der Waals surface area contributed by atoms with Gasteiger partial charge in [-0.1, -0.05) is 50.9 Å². The second-order valence-corrected chi connectivity index (χ2v) is 8.16. The molecule has 0 bridgehead atoms. The van der Waals surface area contributed by atoms with Crippen LogP contribution in [0.2, 0.25) is 8.67 Å². The van der Waals surface area contributed by atoms with Gasteiger partial charge in [-0.3, -0.25) is 0 Å². The summed E-state index contributed by atoms with van der Waals surface area (Å²) in [4.78, 5) is 0. The summed E-state index contributed by atoms with van der Waals surface area (Å²) >= 11 is 13.6. The van der Waals surface area contributed by atoms with E-state index in [9.17, 15) is 0 Å². The van der Waals surface area contributed by atoms with Crippen LogP contribution in [0, 0.1) is 5.41 Å². The van der Waals surface area contributed by atoms with Crippen LogP contribution in [0.15, 0.2) is 6.07 Å². The zero-order valence-electron chi connectivity index (χ0n) is 11.6. The van der Waals surface area contributed by atoms with Crippen LogP contribution in [0.1, 0.15) is 46.1 Å². The second kappa shape index (κ2) is 7.14. The zero-order valence-corrected chi connectivity index (χ0v) is 14.0. The van der Waals surface area contributed by atoms with Crippen molar-refractivity contribution < 1.29 is 0 Å². The molecule has 0 saturated carbocycles. The Balaban J connectivity index is 2.39. The van der Waals surface area contributed by atoms with Gasteiger partial charge in [-0.25, -0.2) is 0 Å². The number of hydrogen-bond acceptors (Lipinski definition) is 2. The number of nitrogens with one attached hydrogen (secondary N) is 1. The highest BCUT2D eigenvalue weighted by molar-refractivity contribution is 7.20. The van der Waals surface area contributed by atoms with Gasteiger partial charge in [0, 0.05) is 6.04 Å². The Morgan fingerprint density at radius 1 is 1.28 bits per heavy atom. The van der Waals surface area contributed by atoms with Gasteiger partial charge in [0.25, 0.3) is 0 Å². The van der Waals surface area contributed by atoms with Crippen molar-refractivity contribution in [3.8, 4) is 0 Å². The van der Waals surface area contributed by atoms with Gasteiger partial charge in [-0.05, 0) is 42.9 Å². The molecule has 0 spiro atoms. The number of rotatable bonds is 7. The Kier molecular flexibility index (Phi) is 6.46. The van der Waals surface area contributed by atoms with Crippen LogP contribution in [0.25, 0.3) is 0 Å². The summed E-state index contributed by atoms with van der Waals surface area (Å²) in [5.74, 6) is 0. The first-order valence-corrected chi connectivity index (χ1v) is 8.04. The van der Waals surface area contributed by atoms with Gasteiger partial charge >= 0.3 is 0 Å². The fourth-order valence-electron chi connectivity index (χ4n) is 1.84. The van der Waals surface area contributed by atoms with E-state index in [0.717, 1.165) is 28.1 Å². The van der Waals surface area contributed by atoms with Gasteiger partial charge in [0.15, 0.2) is 0 Å². The summed E-state index contributed by atoms with van der Waals surface area (Å²) in [7, 11) is 0. The molecule has 0 unspecified atom stereocenters. The molecule has 1 rings (SSSR count). The molecule has 1 nitrogen and oxygen atoms in total. The van der Waals surface area contributed by atoms with Crippen molar-refractivity contribution in [1.29, 1.82) is 0 Å². The summed E-state index contributed by atoms with van der Waals surface area (Å²) in [5.41, 5.74) is 1.52. The third-order valence-corrected chi connectivity index (χ3v) is 4.72. The minimum absolute atomic E-state index is 0.333. The third kappa shape index (κ3) is 5.92. The van der Waals surface area contributed by atoms with Gasteiger partial charge in [-0.2, -0.15) is 0 Å². The van der Waals surface area contributed by atoms with E-state index >= 15 is 0 Å². The van der Waals surface area contributed by atoms with Gasteiger partial charge in [0.1, 0.15) is 0 Å². The van der Waals surface area contributed by atoms with Crippen molar-refractivity contribution in [1.82, 2.24) is 5.32 Å². The summed E-state index contributed by atoms with van der Waals surface area (Å²) in [6, 6.07) is 2.56. The Morgan fingerprint density at radius 3 is 2.44 bits per heavy atom. The maximum Gasteiger partial charge on any atom is 0.0976 e. The van der Waals surface area contributed by atoms with Gasteiger partial charge < -0.3 is 5.32 Å². The third-order valence-electron chi connectivity index (χ3n) is 3.15. The molecule has 4 heteroatoms. The van der Waals surface area contributed by atoms with Crippen LogP contribution < -0.4 is 5.32 Å². The second-order valence-electron chi connectivity index (χ2n) is 5.87. The van der Waals surface area contributed by atoms with Crippen molar-refractivity contribution in [2.75, 3.05) is 6.54 Å². The molecule has 0 aliphatic rings. The van der Waals surface area contributed by atoms with Crippen molar-refractivity contribution >= 4 is 34.5 Å². The standard InChI is InChI=1S/C14H23Cl2NS/c1-10(2)17-8-7-14(3,4)6-5-11-9-12(15)18-13(11)16/h9-10,17H,5-8H2,1-4H3. The fraction of sp³-hybridized carbons (Fsp3) is 0.714. The summed E-state index contributed by atoms with van der Waals surface area (Å²) in [6.07, 6.45) is 3.33. The van der Waals surface area contributed by atoms with Gasteiger partial charge in [0.05, 0.1) is 8.67 Å². The van der Waals surface area contributed by atoms with Crippen molar-refractivity contribution in [3.05, 3.63) is 20.3 Å². The summed E-state index contributed by atoms with van der Waals surface area (Å²) < 4.78 is 1.63. The molecule has 0 atom stereocenters. The number of aryl methyl sites for hydroxylation is 1. The quantitative estimate of drug-likeness (QED) is 0.711. The molecular weight excluding hydrogens is 285 g/mol. The minimum atomic E-state index is 0.333. The van der Waals surface area contributed by atoms with Crippen molar-refractivity contribution in [2.24, 2.45) is 5.41 Å². The van der Waals surface area contributed by atoms with Crippen LogP contribution in [-0.4, -0.2) is 12.6 Å². The largest absolute Gasteiger partial charge is 0.315 e. The van der Waals surface area contributed by atoms with E-state index in [1.165, 1.54) is 23.3 Å². The molecule has 1 aromatic heterocycles. The van der Waals surface area contributed by atoms with Crippen LogP contribution in [-0.2, 0) is 6.42 Å². The molecular formula is C14H23Cl2NS. The highest BCUT2D eigenvalue weighted by atomic mass is 35.5. The lowest BCUT2D eigenvalue weighted by molar-refractivity contribution is 0.298. The fourth-order valence-corrected chi connectivity index (χ4v) is 3.39. The lowest BCUT2D eigenvalue weighted by Crippen LogP contribution is -2.28. The highest BCUT2D eigenvalue weighted by Crippen LogP contribution is 2.34. The molecule has 0 fully saturated rings. The first kappa shape index (κ1) is 16.3. The molecule has 0 aliphatic heterocycles. The summed E-state index contributed by atoms with van der Waals surface area (Å²) in [5, 5.41) is 3.47. The van der Waals surface area contributed by atoms with Gasteiger partial charge in [0.2, 0.25) is 0 Å². The van der Waals surface area contributed by atoms with E-state index in [4.69, 9.17) is 23.2 Å². The average Bonchev–Trinajstić information content (AvgIpc) is 2.53. The molecule has 18 heavy (non-hydrogen) atoms. The van der Waals surface area contributed by atoms with Gasteiger partial charge in [-0.15, -0.1) is 11.3 Å². The maximum atomic E-state index is 6.14. The minimum Gasteiger partial charge on any atom is -0.315 e. The molecule has 0 aromatic carbocycles. The number of thiophene rings is 1. The molecule has 1 N–H and O–H groups in total. The number of halogens is 2. The van der Waals surface area contributed by atoms with E-state index in [-0.39, 0.29) is 0 Å². The Hall–Kier alpha value is 0.240. The first-order valence-electron chi connectivity index (χ1n) is 6.47. The lowest BCUT2D eigenvalue weighted by atomic mass is 9.83. The van der Waals surface area contributed by atoms with Crippen LogP contribution in [0.5, 0.6) is 0 Å². The maximum absolute atomic E-state index is 6.14. The summed E-state index contributed by atoms with van der Waals surface area (Å²) in [6.45, 7) is 10.1. The molecule has 0 saturated heterocycles. The monoisotopic (exact) mass is 307 g/mol. The molecule has 1 aromatic rings. The average molecular weight is 308 g/mol. The molecule has 0 radical (unpaired) electrons. The first-order chi connectivity index (χ1) is 8.30. The van der Waals surface area contributed by atoms with E-state index in [1.54, 1.807) is 0 Å². The highest BCUT2D eigenvalue weighted by Gasteiger charge is 2.18.